The monoisotopic (exact) mass is 562 g/mol. The zero-order valence-corrected chi connectivity index (χ0v) is 24.7. The molecule has 4 nitrogen and oxygen atoms in total. The topological polar surface area (TPSA) is 52.6 Å². The molecule has 4 aromatic rings. The molecular formula is C38H42O4. The Morgan fingerprint density at radius 2 is 0.952 bits per heavy atom. The van der Waals surface area contributed by atoms with Crippen LogP contribution >= 0.6 is 0 Å². The van der Waals surface area contributed by atoms with E-state index in [2.05, 4.69) is 6.92 Å². The third-order valence-electron chi connectivity index (χ3n) is 7.42. The normalized spacial score (nSPS) is 11.5. The van der Waals surface area contributed by atoms with Crippen molar-refractivity contribution in [1.29, 1.82) is 0 Å². The van der Waals surface area contributed by atoms with Gasteiger partial charge in [-0.15, -0.1) is 0 Å². The maximum atomic E-state index is 12.8. The van der Waals surface area contributed by atoms with E-state index in [1.54, 1.807) is 0 Å². The minimum Gasteiger partial charge on any atom is -0.490 e. The van der Waals surface area contributed by atoms with Gasteiger partial charge in [-0.25, -0.2) is 0 Å². The average Bonchev–Trinajstić information content (AvgIpc) is 3.05. The summed E-state index contributed by atoms with van der Waals surface area (Å²) in [4.78, 5) is 25.5. The third-order valence-corrected chi connectivity index (χ3v) is 7.42. The number of hydrogen-bond acceptors (Lipinski definition) is 4. The second-order valence-corrected chi connectivity index (χ2v) is 10.8. The molecule has 0 bridgehead atoms. The molecule has 0 N–H and O–H groups in total. The molecule has 4 rings (SSSR count). The molecule has 0 saturated heterocycles. The summed E-state index contributed by atoms with van der Waals surface area (Å²) in [6.07, 6.45) is 10.7. The van der Waals surface area contributed by atoms with E-state index in [-0.39, 0.29) is 17.7 Å². The van der Waals surface area contributed by atoms with Crippen LogP contribution in [0, 0.1) is 0 Å². The van der Waals surface area contributed by atoms with Gasteiger partial charge in [-0.2, -0.15) is 0 Å². The summed E-state index contributed by atoms with van der Waals surface area (Å²) in [5.41, 5.74) is 2.60. The van der Waals surface area contributed by atoms with Crippen LogP contribution in [0.2, 0.25) is 0 Å². The summed E-state index contributed by atoms with van der Waals surface area (Å²) >= 11 is 0. The second-order valence-electron chi connectivity index (χ2n) is 10.8. The fourth-order valence-electron chi connectivity index (χ4n) is 4.96. The van der Waals surface area contributed by atoms with Gasteiger partial charge >= 0.3 is 0 Å². The summed E-state index contributed by atoms with van der Waals surface area (Å²) in [5, 5.41) is 0. The molecule has 0 aromatic heterocycles. The highest BCUT2D eigenvalue weighted by Crippen LogP contribution is 2.21. The Labute approximate surface area is 250 Å². The molecule has 0 amide bonds. The highest BCUT2D eigenvalue weighted by atomic mass is 16.5. The van der Waals surface area contributed by atoms with Crippen molar-refractivity contribution in [3.63, 3.8) is 0 Å². The first-order chi connectivity index (χ1) is 20.6. The number of rotatable bonds is 18. The third kappa shape index (κ3) is 9.73. The quantitative estimate of drug-likeness (QED) is 0.0895. The Morgan fingerprint density at radius 1 is 0.524 bits per heavy atom. The highest BCUT2D eigenvalue weighted by Gasteiger charge is 2.15. The van der Waals surface area contributed by atoms with E-state index in [0.717, 1.165) is 18.6 Å². The van der Waals surface area contributed by atoms with Gasteiger partial charge < -0.3 is 9.47 Å². The fraction of sp³-hybridized carbons (Fsp3) is 0.316. The minimum absolute atomic E-state index is 0.00448. The summed E-state index contributed by atoms with van der Waals surface area (Å²) in [6, 6.07) is 33.2. The smallest absolute Gasteiger partial charge is 0.193 e. The molecule has 0 saturated carbocycles. The van der Waals surface area contributed by atoms with E-state index >= 15 is 0 Å². The number of ether oxygens (including phenoxy) is 2. The first-order valence-corrected chi connectivity index (χ1v) is 15.3. The molecule has 0 spiro atoms. The lowest BCUT2D eigenvalue weighted by molar-refractivity contribution is 0.103. The molecule has 4 heteroatoms. The van der Waals surface area contributed by atoms with Crippen LogP contribution in [-0.4, -0.2) is 24.3 Å². The SMILES string of the molecule is CCCCCCCCCCC(COc1ccc(C(=O)c2ccccc2)cc1)Oc1ccc(C(=O)c2ccccc2)cc1. The predicted molar refractivity (Wildman–Crippen MR) is 170 cm³/mol. The van der Waals surface area contributed by atoms with E-state index < -0.39 is 0 Å². The van der Waals surface area contributed by atoms with E-state index in [1.165, 1.54) is 44.9 Å². The Balaban J connectivity index is 1.34. The highest BCUT2D eigenvalue weighted by molar-refractivity contribution is 6.09. The molecule has 1 unspecified atom stereocenters. The first-order valence-electron chi connectivity index (χ1n) is 15.3. The maximum absolute atomic E-state index is 12.8. The van der Waals surface area contributed by atoms with Gasteiger partial charge in [-0.05, 0) is 61.4 Å². The molecule has 1 atom stereocenters. The van der Waals surface area contributed by atoms with Crippen molar-refractivity contribution in [2.75, 3.05) is 6.61 Å². The summed E-state index contributed by atoms with van der Waals surface area (Å²) < 4.78 is 12.5. The Hall–Kier alpha value is -4.18. The fourth-order valence-corrected chi connectivity index (χ4v) is 4.96. The van der Waals surface area contributed by atoms with E-state index in [0.29, 0.717) is 34.6 Å². The first kappa shape index (κ1) is 30.8. The summed E-state index contributed by atoms with van der Waals surface area (Å²) in [5.74, 6) is 1.41. The van der Waals surface area contributed by atoms with Gasteiger partial charge in [0, 0.05) is 22.3 Å². The molecule has 0 heterocycles. The van der Waals surface area contributed by atoms with Crippen LogP contribution in [0.5, 0.6) is 11.5 Å². The van der Waals surface area contributed by atoms with Gasteiger partial charge in [0.2, 0.25) is 0 Å². The number of carbonyl (C=O) groups is 2. The van der Waals surface area contributed by atoms with Gasteiger partial charge in [-0.3, -0.25) is 9.59 Å². The molecule has 218 valence electrons. The molecule has 0 radical (unpaired) electrons. The van der Waals surface area contributed by atoms with Crippen molar-refractivity contribution in [3.05, 3.63) is 131 Å². The van der Waals surface area contributed by atoms with E-state index in [9.17, 15) is 9.59 Å². The molecule has 0 aliphatic rings. The molecule has 4 aromatic carbocycles. The minimum atomic E-state index is -0.133. The summed E-state index contributed by atoms with van der Waals surface area (Å²) in [7, 11) is 0. The number of benzene rings is 4. The average molecular weight is 563 g/mol. The van der Waals surface area contributed by atoms with Gasteiger partial charge in [0.15, 0.2) is 11.6 Å². The van der Waals surface area contributed by atoms with E-state index in [4.69, 9.17) is 9.47 Å². The van der Waals surface area contributed by atoms with Crippen LogP contribution in [0.3, 0.4) is 0 Å². The van der Waals surface area contributed by atoms with Crippen molar-refractivity contribution in [2.24, 2.45) is 0 Å². The number of carbonyl (C=O) groups excluding carboxylic acids is 2. The van der Waals surface area contributed by atoms with Crippen molar-refractivity contribution in [1.82, 2.24) is 0 Å². The molecule has 42 heavy (non-hydrogen) atoms. The van der Waals surface area contributed by atoms with Crippen LogP contribution in [0.4, 0.5) is 0 Å². The predicted octanol–water partition coefficient (Wildman–Crippen LogP) is 9.51. The second kappa shape index (κ2) is 16.9. The molecule has 0 aliphatic carbocycles. The Morgan fingerprint density at radius 3 is 1.45 bits per heavy atom. The lowest BCUT2D eigenvalue weighted by Gasteiger charge is -2.20. The lowest BCUT2D eigenvalue weighted by Crippen LogP contribution is -2.25. The lowest BCUT2D eigenvalue weighted by atomic mass is 10.0. The maximum Gasteiger partial charge on any atom is 0.193 e. The van der Waals surface area contributed by atoms with Crippen LogP contribution in [0.1, 0.15) is 96.6 Å². The van der Waals surface area contributed by atoms with Crippen molar-refractivity contribution >= 4 is 11.6 Å². The standard InChI is InChI=1S/C38H42O4/c1-2-3-4-5-6-7-8-15-20-36(42-35-27-23-33(24-28-35)38(40)31-18-13-10-14-19-31)29-41-34-25-21-32(22-26-34)37(39)30-16-11-9-12-17-30/h9-14,16-19,21-28,36H,2-8,15,20,29H2,1H3. The summed E-state index contributed by atoms with van der Waals surface area (Å²) in [6.45, 7) is 2.64. The van der Waals surface area contributed by atoms with Crippen molar-refractivity contribution in [2.45, 2.75) is 70.8 Å². The van der Waals surface area contributed by atoms with Gasteiger partial charge in [-0.1, -0.05) is 113 Å². The van der Waals surface area contributed by atoms with Crippen LogP contribution in [-0.2, 0) is 0 Å². The zero-order chi connectivity index (χ0) is 29.4. The van der Waals surface area contributed by atoms with Gasteiger partial charge in [0.05, 0.1) is 0 Å². The van der Waals surface area contributed by atoms with Crippen LogP contribution in [0.15, 0.2) is 109 Å². The van der Waals surface area contributed by atoms with E-state index in [1.807, 2.05) is 109 Å². The van der Waals surface area contributed by atoms with Crippen molar-refractivity contribution in [3.8, 4) is 11.5 Å². The zero-order valence-electron chi connectivity index (χ0n) is 24.7. The van der Waals surface area contributed by atoms with Crippen LogP contribution in [0.25, 0.3) is 0 Å². The van der Waals surface area contributed by atoms with Gasteiger partial charge in [0.1, 0.15) is 24.2 Å². The Kier molecular flexibility index (Phi) is 12.4. The molecule has 0 fully saturated rings. The largest absolute Gasteiger partial charge is 0.490 e. The van der Waals surface area contributed by atoms with Gasteiger partial charge in [0.25, 0.3) is 0 Å². The van der Waals surface area contributed by atoms with Crippen molar-refractivity contribution < 1.29 is 19.1 Å². The molecular weight excluding hydrogens is 520 g/mol. The number of hydrogen-bond donors (Lipinski definition) is 0. The molecule has 0 aliphatic heterocycles. The number of ketones is 2. The number of unbranched alkanes of at least 4 members (excludes halogenated alkanes) is 7. The Bertz CT molecular complexity index is 1350. The van der Waals surface area contributed by atoms with Crippen LogP contribution < -0.4 is 9.47 Å².